The first-order chi connectivity index (χ1) is 8.24. The smallest absolute Gasteiger partial charge is 0.304 e. The molecule has 0 heterocycles. The van der Waals surface area contributed by atoms with Crippen LogP contribution in [0.4, 0.5) is 0 Å². The molecule has 2 N–H and O–H groups in total. The van der Waals surface area contributed by atoms with Gasteiger partial charge in [0, 0.05) is 5.41 Å². The van der Waals surface area contributed by atoms with Crippen molar-refractivity contribution in [1.29, 1.82) is 0 Å². The van der Waals surface area contributed by atoms with Crippen LogP contribution in [-0.4, -0.2) is 22.2 Å². The minimum Gasteiger partial charge on any atom is -0.481 e. The standard InChI is InChI=1S/C12H12Cl2O4/c1-12(5-10(15)16,6-11(17)18)7-2-3-8(13)9(14)4-7/h2-4H,5-6H2,1H3,(H,15,16)(H,17,18). The van der Waals surface area contributed by atoms with E-state index >= 15 is 0 Å². The van der Waals surface area contributed by atoms with Crippen molar-refractivity contribution in [1.82, 2.24) is 0 Å². The second kappa shape index (κ2) is 5.59. The van der Waals surface area contributed by atoms with Crippen LogP contribution in [0, 0.1) is 0 Å². The van der Waals surface area contributed by atoms with E-state index in [4.69, 9.17) is 33.4 Å². The van der Waals surface area contributed by atoms with Crippen molar-refractivity contribution in [2.45, 2.75) is 25.2 Å². The molecule has 0 saturated heterocycles. The van der Waals surface area contributed by atoms with Crippen LogP contribution in [0.25, 0.3) is 0 Å². The maximum Gasteiger partial charge on any atom is 0.304 e. The van der Waals surface area contributed by atoms with Gasteiger partial charge < -0.3 is 10.2 Å². The SMILES string of the molecule is CC(CC(=O)O)(CC(=O)O)c1ccc(Cl)c(Cl)c1. The Balaban J connectivity index is 3.19. The number of carbonyl (C=O) groups is 2. The minimum atomic E-state index is -1.06. The lowest BCUT2D eigenvalue weighted by atomic mass is 9.77. The van der Waals surface area contributed by atoms with E-state index in [2.05, 4.69) is 0 Å². The average molecular weight is 291 g/mol. The summed E-state index contributed by atoms with van der Waals surface area (Å²) in [7, 11) is 0. The molecule has 98 valence electrons. The van der Waals surface area contributed by atoms with Gasteiger partial charge in [-0.15, -0.1) is 0 Å². The third kappa shape index (κ3) is 3.62. The van der Waals surface area contributed by atoms with E-state index in [9.17, 15) is 9.59 Å². The lowest BCUT2D eigenvalue weighted by Gasteiger charge is -2.27. The Morgan fingerprint density at radius 3 is 2.00 bits per heavy atom. The van der Waals surface area contributed by atoms with Crippen molar-refractivity contribution in [2.24, 2.45) is 0 Å². The van der Waals surface area contributed by atoms with Crippen molar-refractivity contribution >= 4 is 35.1 Å². The molecular formula is C12H12Cl2O4. The molecule has 0 unspecified atom stereocenters. The lowest BCUT2D eigenvalue weighted by molar-refractivity contribution is -0.141. The number of benzene rings is 1. The molecule has 1 rings (SSSR count). The highest BCUT2D eigenvalue weighted by Gasteiger charge is 2.32. The Bertz CT molecular complexity index is 469. The summed E-state index contributed by atoms with van der Waals surface area (Å²) in [5, 5.41) is 18.4. The third-order valence-corrected chi connectivity index (χ3v) is 3.44. The molecule has 0 amide bonds. The van der Waals surface area contributed by atoms with Gasteiger partial charge >= 0.3 is 11.9 Å². The van der Waals surface area contributed by atoms with Crippen LogP contribution in [0.15, 0.2) is 18.2 Å². The van der Waals surface area contributed by atoms with Gasteiger partial charge in [-0.25, -0.2) is 0 Å². The summed E-state index contributed by atoms with van der Waals surface area (Å²) in [6.07, 6.45) is -0.589. The van der Waals surface area contributed by atoms with Crippen molar-refractivity contribution < 1.29 is 19.8 Å². The molecule has 0 fully saturated rings. The number of hydrogen-bond donors (Lipinski definition) is 2. The molecule has 4 nitrogen and oxygen atoms in total. The normalized spacial score (nSPS) is 11.3. The molecule has 0 spiro atoms. The molecule has 0 saturated carbocycles. The molecule has 1 aromatic carbocycles. The Morgan fingerprint density at radius 1 is 1.11 bits per heavy atom. The molecule has 1 aromatic rings. The summed E-state index contributed by atoms with van der Waals surface area (Å²) in [6.45, 7) is 1.58. The van der Waals surface area contributed by atoms with Crippen LogP contribution in [0.1, 0.15) is 25.3 Å². The zero-order valence-corrected chi connectivity index (χ0v) is 11.1. The zero-order chi connectivity index (χ0) is 13.9. The van der Waals surface area contributed by atoms with Crippen molar-refractivity contribution in [2.75, 3.05) is 0 Å². The van der Waals surface area contributed by atoms with Gasteiger partial charge in [0.05, 0.1) is 22.9 Å². The van der Waals surface area contributed by atoms with Gasteiger partial charge in [0.2, 0.25) is 0 Å². The van der Waals surface area contributed by atoms with E-state index in [1.54, 1.807) is 13.0 Å². The van der Waals surface area contributed by atoms with Crippen LogP contribution >= 0.6 is 23.2 Å². The van der Waals surface area contributed by atoms with E-state index in [0.717, 1.165) is 0 Å². The predicted molar refractivity (Wildman–Crippen MR) is 68.3 cm³/mol. The van der Waals surface area contributed by atoms with Gasteiger partial charge in [-0.1, -0.05) is 36.2 Å². The van der Waals surface area contributed by atoms with E-state index < -0.39 is 17.4 Å². The Labute approximate surface area is 114 Å². The molecule has 0 aliphatic heterocycles. The fourth-order valence-corrected chi connectivity index (χ4v) is 2.10. The van der Waals surface area contributed by atoms with Crippen molar-refractivity contribution in [3.8, 4) is 0 Å². The number of halogens is 2. The summed E-state index contributed by atoms with van der Waals surface area (Å²) >= 11 is 11.6. The predicted octanol–water partition coefficient (Wildman–Crippen LogP) is 3.20. The number of carboxylic acids is 2. The average Bonchev–Trinajstić information content (AvgIpc) is 2.19. The Kier molecular flexibility index (Phi) is 4.59. The Morgan fingerprint density at radius 2 is 1.61 bits per heavy atom. The number of carboxylic acid groups (broad SMARTS) is 2. The molecule has 0 radical (unpaired) electrons. The quantitative estimate of drug-likeness (QED) is 0.873. The highest BCUT2D eigenvalue weighted by Crippen LogP contribution is 2.35. The van der Waals surface area contributed by atoms with Gasteiger partial charge in [0.25, 0.3) is 0 Å². The van der Waals surface area contributed by atoms with Crippen LogP contribution in [0.2, 0.25) is 10.0 Å². The summed E-state index contributed by atoms with van der Waals surface area (Å²) in [6, 6.07) is 4.64. The first-order valence-corrected chi connectivity index (χ1v) is 5.89. The van der Waals surface area contributed by atoms with Gasteiger partial charge in [0.15, 0.2) is 0 Å². The molecule has 6 heteroatoms. The van der Waals surface area contributed by atoms with Crippen molar-refractivity contribution in [3.05, 3.63) is 33.8 Å². The van der Waals surface area contributed by atoms with E-state index in [1.807, 2.05) is 0 Å². The number of aliphatic carboxylic acids is 2. The fourth-order valence-electron chi connectivity index (χ4n) is 1.81. The number of hydrogen-bond acceptors (Lipinski definition) is 2. The molecule has 0 bridgehead atoms. The molecule has 0 aliphatic rings. The molecule has 18 heavy (non-hydrogen) atoms. The van der Waals surface area contributed by atoms with Gasteiger partial charge in [-0.3, -0.25) is 9.59 Å². The van der Waals surface area contributed by atoms with E-state index in [1.165, 1.54) is 12.1 Å². The second-order valence-corrected chi connectivity index (χ2v) is 5.14. The third-order valence-electron chi connectivity index (χ3n) is 2.70. The first kappa shape index (κ1) is 14.8. The molecule has 0 atom stereocenters. The van der Waals surface area contributed by atoms with Crippen LogP contribution in [0.3, 0.4) is 0 Å². The Hall–Kier alpha value is -1.26. The van der Waals surface area contributed by atoms with Crippen LogP contribution in [-0.2, 0) is 15.0 Å². The van der Waals surface area contributed by atoms with Crippen LogP contribution in [0.5, 0.6) is 0 Å². The van der Waals surface area contributed by atoms with E-state index in [0.29, 0.717) is 10.6 Å². The van der Waals surface area contributed by atoms with Gasteiger partial charge in [0.1, 0.15) is 0 Å². The molecule has 0 aliphatic carbocycles. The van der Waals surface area contributed by atoms with Gasteiger partial charge in [-0.05, 0) is 17.7 Å². The lowest BCUT2D eigenvalue weighted by Crippen LogP contribution is -2.29. The monoisotopic (exact) mass is 290 g/mol. The highest BCUT2D eigenvalue weighted by molar-refractivity contribution is 6.42. The minimum absolute atomic E-state index is 0.274. The fraction of sp³-hybridized carbons (Fsp3) is 0.333. The van der Waals surface area contributed by atoms with Gasteiger partial charge in [-0.2, -0.15) is 0 Å². The highest BCUT2D eigenvalue weighted by atomic mass is 35.5. The molecule has 0 aromatic heterocycles. The van der Waals surface area contributed by atoms with Crippen molar-refractivity contribution in [3.63, 3.8) is 0 Å². The summed E-state index contributed by atoms with van der Waals surface area (Å²) in [5.74, 6) is -2.13. The second-order valence-electron chi connectivity index (χ2n) is 4.33. The zero-order valence-electron chi connectivity index (χ0n) is 9.61. The topological polar surface area (TPSA) is 74.6 Å². The largest absolute Gasteiger partial charge is 0.481 e. The summed E-state index contributed by atoms with van der Waals surface area (Å²) in [5.41, 5.74) is -0.479. The summed E-state index contributed by atoms with van der Waals surface area (Å²) < 4.78 is 0. The van der Waals surface area contributed by atoms with E-state index in [-0.39, 0.29) is 17.9 Å². The summed E-state index contributed by atoms with van der Waals surface area (Å²) in [4.78, 5) is 21.7. The first-order valence-electron chi connectivity index (χ1n) is 5.14. The maximum absolute atomic E-state index is 10.9. The maximum atomic E-state index is 10.9. The number of rotatable bonds is 5. The molecular weight excluding hydrogens is 279 g/mol. The van der Waals surface area contributed by atoms with Crippen LogP contribution < -0.4 is 0 Å².